The molecule has 0 radical (unpaired) electrons. The molecule has 1 aromatic heterocycles. The van der Waals surface area contributed by atoms with Gasteiger partial charge in [-0.05, 0) is 42.5 Å². The summed E-state index contributed by atoms with van der Waals surface area (Å²) in [4.78, 5) is 13.2. The van der Waals surface area contributed by atoms with E-state index in [1.165, 1.54) is 0 Å². The van der Waals surface area contributed by atoms with Crippen LogP contribution in [0.2, 0.25) is 0 Å². The van der Waals surface area contributed by atoms with Gasteiger partial charge < -0.3 is 11.5 Å². The Morgan fingerprint density at radius 3 is 2.24 bits per heavy atom. The Balaban J connectivity index is 2.10. The van der Waals surface area contributed by atoms with Crippen molar-refractivity contribution in [1.29, 1.82) is 0 Å². The Hall–Kier alpha value is -3.40. The second kappa shape index (κ2) is 5.60. The molecule has 25 heavy (non-hydrogen) atoms. The number of aromatic nitrogens is 1. The predicted molar refractivity (Wildman–Crippen MR) is 101 cm³/mol. The van der Waals surface area contributed by atoms with E-state index in [4.69, 9.17) is 11.5 Å². The maximum atomic E-state index is 13.2. The standard InChI is InChI=1S/C21H17N3O/c1-24-19-5-3-2-4-17(19)16-11-10-15(23)12-18(16)20(24)21(25)13-6-8-14(22)9-7-13/h2-12H,1H3,(H3-,22,23,25)/p+1. The summed E-state index contributed by atoms with van der Waals surface area (Å²) in [6.45, 7) is 0. The average Bonchev–Trinajstić information content (AvgIpc) is 2.62. The van der Waals surface area contributed by atoms with Crippen LogP contribution in [0.1, 0.15) is 16.1 Å². The number of rotatable bonds is 2. The number of aryl methyl sites for hydroxylation is 1. The van der Waals surface area contributed by atoms with Gasteiger partial charge in [-0.3, -0.25) is 4.79 Å². The second-order valence-corrected chi connectivity index (χ2v) is 6.18. The molecule has 0 bridgehead atoms. The van der Waals surface area contributed by atoms with Gasteiger partial charge in [-0.15, -0.1) is 0 Å². The van der Waals surface area contributed by atoms with Crippen molar-refractivity contribution >= 4 is 38.8 Å². The number of hydrogen-bond donors (Lipinski definition) is 2. The Kier molecular flexibility index (Phi) is 3.39. The normalized spacial score (nSPS) is 11.1. The third kappa shape index (κ3) is 2.39. The quantitative estimate of drug-likeness (QED) is 0.257. The van der Waals surface area contributed by atoms with Gasteiger partial charge in [0.15, 0.2) is 0 Å². The molecule has 0 saturated heterocycles. The minimum absolute atomic E-state index is 0.0520. The van der Waals surface area contributed by atoms with E-state index in [0.29, 0.717) is 22.6 Å². The first kappa shape index (κ1) is 15.1. The number of carbonyl (C=O) groups excluding carboxylic acids is 1. The lowest BCUT2D eigenvalue weighted by Crippen LogP contribution is -2.37. The lowest BCUT2D eigenvalue weighted by molar-refractivity contribution is -0.645. The van der Waals surface area contributed by atoms with E-state index in [0.717, 1.165) is 21.7 Å². The molecule has 4 aromatic rings. The van der Waals surface area contributed by atoms with Gasteiger partial charge in [0.25, 0.3) is 11.5 Å². The zero-order chi connectivity index (χ0) is 17.6. The van der Waals surface area contributed by atoms with Crippen molar-refractivity contribution in [3.05, 3.63) is 78.0 Å². The van der Waals surface area contributed by atoms with Gasteiger partial charge >= 0.3 is 0 Å². The van der Waals surface area contributed by atoms with Crippen molar-refractivity contribution in [2.45, 2.75) is 0 Å². The maximum Gasteiger partial charge on any atom is 0.261 e. The number of nitrogens with zero attached hydrogens (tertiary/aromatic N) is 1. The Bertz CT molecular complexity index is 1130. The lowest BCUT2D eigenvalue weighted by Gasteiger charge is -2.09. The number of ketones is 1. The number of nitrogens with two attached hydrogens (primary N) is 2. The third-order valence-corrected chi connectivity index (χ3v) is 4.58. The van der Waals surface area contributed by atoms with Gasteiger partial charge in [0.2, 0.25) is 5.52 Å². The highest BCUT2D eigenvalue weighted by Crippen LogP contribution is 2.28. The second-order valence-electron chi connectivity index (χ2n) is 6.18. The first-order valence-electron chi connectivity index (χ1n) is 8.06. The summed E-state index contributed by atoms with van der Waals surface area (Å²) in [5.74, 6) is -0.0520. The van der Waals surface area contributed by atoms with Crippen LogP contribution in [0.25, 0.3) is 21.7 Å². The van der Waals surface area contributed by atoms with E-state index in [-0.39, 0.29) is 5.78 Å². The summed E-state index contributed by atoms with van der Waals surface area (Å²) in [6, 6.07) is 20.8. The van der Waals surface area contributed by atoms with E-state index in [1.807, 2.05) is 48.0 Å². The van der Waals surface area contributed by atoms with E-state index in [2.05, 4.69) is 6.07 Å². The molecule has 0 aliphatic rings. The van der Waals surface area contributed by atoms with E-state index in [1.54, 1.807) is 24.3 Å². The molecule has 4 N–H and O–H groups in total. The van der Waals surface area contributed by atoms with E-state index < -0.39 is 0 Å². The third-order valence-electron chi connectivity index (χ3n) is 4.58. The summed E-state index contributed by atoms with van der Waals surface area (Å²) in [5.41, 5.74) is 15.2. The Morgan fingerprint density at radius 1 is 0.800 bits per heavy atom. The van der Waals surface area contributed by atoms with Crippen LogP contribution in [0.4, 0.5) is 11.4 Å². The van der Waals surface area contributed by atoms with Crippen molar-refractivity contribution in [3.8, 4) is 0 Å². The van der Waals surface area contributed by atoms with Crippen LogP contribution in [0.15, 0.2) is 66.7 Å². The van der Waals surface area contributed by atoms with Crippen molar-refractivity contribution in [2.24, 2.45) is 7.05 Å². The highest BCUT2D eigenvalue weighted by Gasteiger charge is 2.26. The molecule has 4 rings (SSSR count). The predicted octanol–water partition coefficient (Wildman–Crippen LogP) is 3.21. The average molecular weight is 328 g/mol. The minimum atomic E-state index is -0.0520. The highest BCUT2D eigenvalue weighted by atomic mass is 16.1. The number of pyridine rings is 1. The van der Waals surface area contributed by atoms with Crippen LogP contribution in [-0.2, 0) is 7.05 Å². The first-order valence-corrected chi connectivity index (χ1v) is 8.06. The molecule has 0 unspecified atom stereocenters. The number of fused-ring (bicyclic) bond motifs is 3. The van der Waals surface area contributed by atoms with Gasteiger partial charge in [-0.25, -0.2) is 0 Å². The fourth-order valence-electron chi connectivity index (χ4n) is 3.33. The molecular formula is C21H18N3O+. The number of benzene rings is 3. The summed E-state index contributed by atoms with van der Waals surface area (Å²) >= 11 is 0. The zero-order valence-electron chi connectivity index (χ0n) is 13.9. The molecule has 0 atom stereocenters. The zero-order valence-corrected chi connectivity index (χ0v) is 13.9. The first-order chi connectivity index (χ1) is 12.1. The van der Waals surface area contributed by atoms with Gasteiger partial charge in [0.05, 0.1) is 10.8 Å². The fourth-order valence-corrected chi connectivity index (χ4v) is 3.33. The smallest absolute Gasteiger partial charge is 0.261 e. The molecule has 4 heteroatoms. The molecule has 0 amide bonds. The van der Waals surface area contributed by atoms with Crippen LogP contribution < -0.4 is 16.0 Å². The van der Waals surface area contributed by atoms with Crippen molar-refractivity contribution in [2.75, 3.05) is 11.5 Å². The van der Waals surface area contributed by atoms with Gasteiger partial charge in [-0.1, -0.05) is 18.2 Å². The number of anilines is 2. The molecule has 0 saturated carbocycles. The fraction of sp³-hybridized carbons (Fsp3) is 0.0476. The summed E-state index contributed by atoms with van der Waals surface area (Å²) in [5, 5.41) is 2.96. The molecule has 3 aromatic carbocycles. The highest BCUT2D eigenvalue weighted by molar-refractivity contribution is 6.18. The van der Waals surface area contributed by atoms with Crippen LogP contribution in [-0.4, -0.2) is 5.78 Å². The van der Waals surface area contributed by atoms with Gasteiger partial charge in [0, 0.05) is 28.4 Å². The van der Waals surface area contributed by atoms with Crippen LogP contribution >= 0.6 is 0 Å². The SMILES string of the molecule is C[n+]1c(C(=O)c2ccc(N)cc2)c2cc(N)ccc2c2ccccc21. The number of nitrogen functional groups attached to an aromatic ring is 2. The van der Waals surface area contributed by atoms with Gasteiger partial charge in [0.1, 0.15) is 7.05 Å². The molecule has 1 heterocycles. The summed E-state index contributed by atoms with van der Waals surface area (Å²) < 4.78 is 1.94. The largest absolute Gasteiger partial charge is 0.399 e. The molecule has 0 aliphatic carbocycles. The van der Waals surface area contributed by atoms with Crippen LogP contribution in [0.3, 0.4) is 0 Å². The van der Waals surface area contributed by atoms with Gasteiger partial charge in [-0.2, -0.15) is 4.57 Å². The lowest BCUT2D eigenvalue weighted by atomic mass is 9.98. The number of para-hydroxylation sites is 1. The van der Waals surface area contributed by atoms with Crippen molar-refractivity contribution in [3.63, 3.8) is 0 Å². The van der Waals surface area contributed by atoms with Crippen LogP contribution in [0, 0.1) is 0 Å². The molecule has 0 aliphatic heterocycles. The molecule has 0 spiro atoms. The van der Waals surface area contributed by atoms with E-state index >= 15 is 0 Å². The van der Waals surface area contributed by atoms with E-state index in [9.17, 15) is 4.79 Å². The van der Waals surface area contributed by atoms with Crippen LogP contribution in [0.5, 0.6) is 0 Å². The maximum absolute atomic E-state index is 13.2. The Morgan fingerprint density at radius 2 is 1.48 bits per heavy atom. The van der Waals surface area contributed by atoms with Crippen molar-refractivity contribution in [1.82, 2.24) is 0 Å². The number of carbonyl (C=O) groups is 1. The topological polar surface area (TPSA) is 73.0 Å². The summed E-state index contributed by atoms with van der Waals surface area (Å²) in [6.07, 6.45) is 0. The molecule has 0 fully saturated rings. The molecule has 122 valence electrons. The number of hydrogen-bond acceptors (Lipinski definition) is 3. The summed E-state index contributed by atoms with van der Waals surface area (Å²) in [7, 11) is 1.91. The minimum Gasteiger partial charge on any atom is -0.399 e. The molecular weight excluding hydrogens is 310 g/mol. The molecule has 4 nitrogen and oxygen atoms in total. The van der Waals surface area contributed by atoms with Crippen molar-refractivity contribution < 1.29 is 9.36 Å². The monoisotopic (exact) mass is 328 g/mol. The Labute approximate surface area is 145 Å².